The van der Waals surface area contributed by atoms with E-state index in [9.17, 15) is 8.78 Å². The number of alkyl halides is 3. The van der Waals surface area contributed by atoms with Crippen LogP contribution in [0.3, 0.4) is 0 Å². The van der Waals surface area contributed by atoms with E-state index in [0.29, 0.717) is 12.5 Å². The Morgan fingerprint density at radius 3 is 2.42 bits per heavy atom. The molecule has 0 aromatic carbocycles. The summed E-state index contributed by atoms with van der Waals surface area (Å²) in [4.78, 5) is 2.49. The molecule has 0 aromatic rings. The first-order chi connectivity index (χ1) is 9.11. The van der Waals surface area contributed by atoms with Gasteiger partial charge in [-0.15, -0.1) is 0 Å². The van der Waals surface area contributed by atoms with Gasteiger partial charge in [0.15, 0.2) is 0 Å². The third kappa shape index (κ3) is 4.96. The molecular formula is C15H26BrF2N. The minimum atomic E-state index is -2.41. The lowest BCUT2D eigenvalue weighted by molar-refractivity contribution is -0.0589. The van der Waals surface area contributed by atoms with Crippen molar-refractivity contribution in [1.29, 1.82) is 0 Å². The fraction of sp³-hybridized carbons (Fsp3) is 1.00. The maximum Gasteiger partial charge on any atom is 0.248 e. The van der Waals surface area contributed by atoms with Gasteiger partial charge in [0.2, 0.25) is 5.92 Å². The molecule has 4 heteroatoms. The maximum absolute atomic E-state index is 13.5. The minimum absolute atomic E-state index is 0.103. The topological polar surface area (TPSA) is 3.24 Å². The molecule has 112 valence electrons. The summed E-state index contributed by atoms with van der Waals surface area (Å²) in [5.74, 6) is -2.21. The molecule has 2 saturated carbocycles. The molecule has 1 unspecified atom stereocenters. The quantitative estimate of drug-likeness (QED) is 0.648. The standard InChI is InChI=1S/C15H26BrF2N/c16-9-10-19(14-6-2-1-3-7-14)12-13-5-4-8-15(17,18)11-13/h13-14H,1-12H2. The van der Waals surface area contributed by atoms with Gasteiger partial charge in [0.05, 0.1) is 0 Å². The molecular weight excluding hydrogens is 312 g/mol. The Hall–Kier alpha value is 0.300. The summed E-state index contributed by atoms with van der Waals surface area (Å²) in [6.45, 7) is 1.89. The Morgan fingerprint density at radius 2 is 1.79 bits per heavy atom. The normalized spacial score (nSPS) is 28.7. The molecule has 0 aliphatic heterocycles. The lowest BCUT2D eigenvalue weighted by Crippen LogP contribution is -2.43. The van der Waals surface area contributed by atoms with E-state index in [1.165, 1.54) is 32.1 Å². The molecule has 2 fully saturated rings. The van der Waals surface area contributed by atoms with Crippen molar-refractivity contribution in [3.63, 3.8) is 0 Å². The van der Waals surface area contributed by atoms with Gasteiger partial charge in [0.1, 0.15) is 0 Å². The van der Waals surface area contributed by atoms with Gasteiger partial charge in [0.25, 0.3) is 0 Å². The van der Waals surface area contributed by atoms with Crippen molar-refractivity contribution in [2.24, 2.45) is 5.92 Å². The van der Waals surface area contributed by atoms with Crippen LogP contribution in [-0.2, 0) is 0 Å². The Bertz CT molecular complexity index is 267. The molecule has 0 amide bonds. The zero-order valence-corrected chi connectivity index (χ0v) is 13.3. The molecule has 0 aromatic heterocycles. The third-order valence-corrected chi connectivity index (χ3v) is 5.05. The number of rotatable bonds is 5. The SMILES string of the molecule is FC1(F)CCCC(CN(CCBr)C2CCCCC2)C1. The highest BCUT2D eigenvalue weighted by molar-refractivity contribution is 9.09. The Morgan fingerprint density at radius 1 is 1.05 bits per heavy atom. The predicted octanol–water partition coefficient (Wildman–Crippen LogP) is 4.84. The van der Waals surface area contributed by atoms with Crippen LogP contribution in [-0.4, -0.2) is 35.3 Å². The van der Waals surface area contributed by atoms with E-state index >= 15 is 0 Å². The van der Waals surface area contributed by atoms with Crippen molar-refractivity contribution >= 4 is 15.9 Å². The van der Waals surface area contributed by atoms with Crippen LogP contribution in [0.15, 0.2) is 0 Å². The van der Waals surface area contributed by atoms with E-state index in [4.69, 9.17) is 0 Å². The van der Waals surface area contributed by atoms with Crippen LogP contribution < -0.4 is 0 Å². The fourth-order valence-corrected chi connectivity index (χ4v) is 4.20. The highest BCUT2D eigenvalue weighted by Crippen LogP contribution is 2.37. The first-order valence-corrected chi connectivity index (χ1v) is 8.91. The van der Waals surface area contributed by atoms with Gasteiger partial charge < -0.3 is 0 Å². The fourth-order valence-electron chi connectivity index (χ4n) is 3.74. The van der Waals surface area contributed by atoms with Crippen molar-refractivity contribution in [3.05, 3.63) is 0 Å². The van der Waals surface area contributed by atoms with Crippen molar-refractivity contribution in [2.45, 2.75) is 69.8 Å². The van der Waals surface area contributed by atoms with Gasteiger partial charge in [-0.3, -0.25) is 4.90 Å². The lowest BCUT2D eigenvalue weighted by Gasteiger charge is -2.38. The van der Waals surface area contributed by atoms with Gasteiger partial charge in [-0.05, 0) is 31.6 Å². The second-order valence-corrected chi connectivity index (χ2v) is 7.09. The van der Waals surface area contributed by atoms with E-state index in [1.54, 1.807) is 0 Å². The monoisotopic (exact) mass is 337 g/mol. The third-order valence-electron chi connectivity index (χ3n) is 4.70. The summed E-state index contributed by atoms with van der Waals surface area (Å²) in [6, 6.07) is 0.641. The maximum atomic E-state index is 13.5. The van der Waals surface area contributed by atoms with Crippen molar-refractivity contribution in [2.75, 3.05) is 18.4 Å². The van der Waals surface area contributed by atoms with Gasteiger partial charge >= 0.3 is 0 Å². The Kier molecular flexibility index (Phi) is 6.07. The first-order valence-electron chi connectivity index (χ1n) is 7.78. The molecule has 1 atom stereocenters. The summed E-state index contributed by atoms with van der Waals surface area (Å²) in [6.07, 6.45) is 8.39. The highest BCUT2D eigenvalue weighted by Gasteiger charge is 2.37. The molecule has 0 bridgehead atoms. The van der Waals surface area contributed by atoms with E-state index in [1.807, 2.05) is 0 Å². The van der Waals surface area contributed by atoms with Crippen molar-refractivity contribution < 1.29 is 8.78 Å². The number of hydrogen-bond donors (Lipinski definition) is 0. The average molecular weight is 338 g/mol. The largest absolute Gasteiger partial charge is 0.299 e. The van der Waals surface area contributed by atoms with Crippen LogP contribution in [0, 0.1) is 5.92 Å². The molecule has 0 heterocycles. The number of hydrogen-bond acceptors (Lipinski definition) is 1. The van der Waals surface area contributed by atoms with Crippen LogP contribution in [0.25, 0.3) is 0 Å². The van der Waals surface area contributed by atoms with Gasteiger partial charge in [0, 0.05) is 37.3 Å². The van der Waals surface area contributed by atoms with Gasteiger partial charge in [-0.1, -0.05) is 35.2 Å². The first kappa shape index (κ1) is 15.7. The van der Waals surface area contributed by atoms with E-state index in [-0.39, 0.29) is 18.8 Å². The smallest absolute Gasteiger partial charge is 0.248 e. The van der Waals surface area contributed by atoms with Crippen molar-refractivity contribution in [3.8, 4) is 0 Å². The zero-order valence-electron chi connectivity index (χ0n) is 11.7. The summed E-state index contributed by atoms with van der Waals surface area (Å²) in [7, 11) is 0. The molecule has 0 spiro atoms. The van der Waals surface area contributed by atoms with Crippen LogP contribution in [0.5, 0.6) is 0 Å². The van der Waals surface area contributed by atoms with Crippen LogP contribution in [0.2, 0.25) is 0 Å². The van der Waals surface area contributed by atoms with E-state index in [0.717, 1.165) is 24.8 Å². The summed E-state index contributed by atoms with van der Waals surface area (Å²) < 4.78 is 27.0. The summed E-state index contributed by atoms with van der Waals surface area (Å²) >= 11 is 3.51. The van der Waals surface area contributed by atoms with E-state index < -0.39 is 5.92 Å². The molecule has 2 aliphatic rings. The molecule has 2 rings (SSSR count). The zero-order chi connectivity index (χ0) is 13.7. The van der Waals surface area contributed by atoms with Crippen LogP contribution in [0.1, 0.15) is 57.8 Å². The Labute approximate surface area is 124 Å². The summed E-state index contributed by atoms with van der Waals surface area (Å²) in [5, 5.41) is 0.951. The van der Waals surface area contributed by atoms with Crippen molar-refractivity contribution in [1.82, 2.24) is 4.90 Å². The van der Waals surface area contributed by atoms with Crippen LogP contribution >= 0.6 is 15.9 Å². The average Bonchev–Trinajstić information content (AvgIpc) is 2.38. The molecule has 19 heavy (non-hydrogen) atoms. The Balaban J connectivity index is 1.88. The molecule has 0 N–H and O–H groups in total. The van der Waals surface area contributed by atoms with Gasteiger partial charge in [-0.25, -0.2) is 8.78 Å². The van der Waals surface area contributed by atoms with Crippen LogP contribution in [0.4, 0.5) is 8.78 Å². The molecule has 1 nitrogen and oxygen atoms in total. The molecule has 0 saturated heterocycles. The highest BCUT2D eigenvalue weighted by atomic mass is 79.9. The molecule has 0 radical (unpaired) electrons. The van der Waals surface area contributed by atoms with E-state index in [2.05, 4.69) is 20.8 Å². The second-order valence-electron chi connectivity index (χ2n) is 6.29. The second kappa shape index (κ2) is 7.35. The lowest BCUT2D eigenvalue weighted by atomic mass is 9.85. The number of halogens is 3. The summed E-state index contributed by atoms with van der Waals surface area (Å²) in [5.41, 5.74) is 0. The predicted molar refractivity (Wildman–Crippen MR) is 79.1 cm³/mol. The number of nitrogens with zero attached hydrogens (tertiary/aromatic N) is 1. The minimum Gasteiger partial charge on any atom is -0.299 e. The molecule has 2 aliphatic carbocycles. The van der Waals surface area contributed by atoms with Gasteiger partial charge in [-0.2, -0.15) is 0 Å².